The molecule has 2 nitrogen and oxygen atoms in total. The number of benzene rings is 2. The first kappa shape index (κ1) is 13.0. The third-order valence-corrected chi connectivity index (χ3v) is 3.67. The number of aromatic nitrogens is 2. The minimum atomic E-state index is -0.335. The molecule has 0 amide bonds. The molecule has 3 rings (SSSR count). The maximum atomic E-state index is 13.3. The average molecular weight is 287 g/mol. The number of halogens is 2. The molecule has 4 heteroatoms. The number of aryl methyl sites for hydroxylation is 2. The van der Waals surface area contributed by atoms with Crippen LogP contribution < -0.4 is 0 Å². The lowest BCUT2D eigenvalue weighted by molar-refractivity contribution is 0.629. The lowest BCUT2D eigenvalue weighted by atomic mass is 10.1. The molecule has 0 N–H and O–H groups in total. The summed E-state index contributed by atoms with van der Waals surface area (Å²) < 4.78 is 13.3. The van der Waals surface area contributed by atoms with E-state index in [0.717, 1.165) is 11.1 Å². The van der Waals surface area contributed by atoms with Crippen LogP contribution in [0.4, 0.5) is 4.39 Å². The highest BCUT2D eigenvalue weighted by Gasteiger charge is 2.09. The monoisotopic (exact) mass is 286 g/mol. The van der Waals surface area contributed by atoms with Crippen LogP contribution in [0.15, 0.2) is 36.4 Å². The molecule has 0 radical (unpaired) electrons. The van der Waals surface area contributed by atoms with Gasteiger partial charge in [0.05, 0.1) is 5.52 Å². The zero-order valence-electron chi connectivity index (χ0n) is 11.1. The van der Waals surface area contributed by atoms with Gasteiger partial charge in [0.15, 0.2) is 5.82 Å². The van der Waals surface area contributed by atoms with Crippen LogP contribution in [0, 0.1) is 19.7 Å². The minimum absolute atomic E-state index is 0.335. The zero-order valence-corrected chi connectivity index (χ0v) is 11.9. The summed E-state index contributed by atoms with van der Waals surface area (Å²) in [6, 6.07) is 10.3. The van der Waals surface area contributed by atoms with E-state index in [4.69, 9.17) is 11.6 Å². The molecule has 0 aliphatic heterocycles. The summed E-state index contributed by atoms with van der Waals surface area (Å²) in [6.45, 7) is 4.07. The lowest BCUT2D eigenvalue weighted by Crippen LogP contribution is -1.93. The number of fused-ring (bicyclic) bond motifs is 1. The van der Waals surface area contributed by atoms with Crippen LogP contribution in [0.2, 0.25) is 5.15 Å². The fourth-order valence-corrected chi connectivity index (χ4v) is 2.31. The molecule has 3 aromatic rings. The van der Waals surface area contributed by atoms with Crippen LogP contribution in [0.5, 0.6) is 0 Å². The molecular formula is C16H12ClFN2. The molecule has 100 valence electrons. The molecule has 2 aromatic carbocycles. The van der Waals surface area contributed by atoms with Crippen LogP contribution in [0.3, 0.4) is 0 Å². The van der Waals surface area contributed by atoms with E-state index in [1.807, 2.05) is 32.0 Å². The Labute approximate surface area is 121 Å². The van der Waals surface area contributed by atoms with Crippen molar-refractivity contribution < 1.29 is 4.39 Å². The summed E-state index contributed by atoms with van der Waals surface area (Å²) in [5.41, 5.74) is 3.74. The second-order valence-electron chi connectivity index (χ2n) is 4.80. The molecule has 0 saturated heterocycles. The summed E-state index contributed by atoms with van der Waals surface area (Å²) in [7, 11) is 0. The van der Waals surface area contributed by atoms with Gasteiger partial charge in [-0.15, -0.1) is 0 Å². The highest BCUT2D eigenvalue weighted by Crippen LogP contribution is 2.26. The predicted molar refractivity (Wildman–Crippen MR) is 79.4 cm³/mol. The average Bonchev–Trinajstić information content (AvgIpc) is 2.41. The number of rotatable bonds is 1. The van der Waals surface area contributed by atoms with Crippen LogP contribution in [0.25, 0.3) is 22.3 Å². The van der Waals surface area contributed by atoms with E-state index in [9.17, 15) is 4.39 Å². The van der Waals surface area contributed by atoms with Gasteiger partial charge in [0.25, 0.3) is 0 Å². The molecule has 20 heavy (non-hydrogen) atoms. The number of hydrogen-bond acceptors (Lipinski definition) is 2. The van der Waals surface area contributed by atoms with E-state index in [-0.39, 0.29) is 5.82 Å². The van der Waals surface area contributed by atoms with Gasteiger partial charge in [-0.3, -0.25) is 0 Å². The third-order valence-electron chi connectivity index (χ3n) is 3.38. The Balaban J connectivity index is 2.23. The van der Waals surface area contributed by atoms with E-state index in [0.29, 0.717) is 21.9 Å². The molecule has 0 spiro atoms. The maximum absolute atomic E-state index is 13.3. The highest BCUT2D eigenvalue weighted by molar-refractivity contribution is 6.34. The first-order valence-electron chi connectivity index (χ1n) is 6.25. The second kappa shape index (κ2) is 4.84. The molecule has 0 atom stereocenters. The SMILES string of the molecule is Cc1ccc(-c2nc(Cl)c3ccc(F)cc3n2)cc1C. The molecule has 0 aliphatic carbocycles. The van der Waals surface area contributed by atoms with Crippen molar-refractivity contribution in [2.24, 2.45) is 0 Å². The van der Waals surface area contributed by atoms with Crippen molar-refractivity contribution in [3.8, 4) is 11.4 Å². The lowest BCUT2D eigenvalue weighted by Gasteiger charge is -2.07. The normalized spacial score (nSPS) is 11.0. The largest absolute Gasteiger partial charge is 0.228 e. The molecular weight excluding hydrogens is 275 g/mol. The maximum Gasteiger partial charge on any atom is 0.161 e. The van der Waals surface area contributed by atoms with Crippen LogP contribution >= 0.6 is 11.6 Å². The third kappa shape index (κ3) is 2.25. The smallest absolute Gasteiger partial charge is 0.161 e. The van der Waals surface area contributed by atoms with E-state index >= 15 is 0 Å². The van der Waals surface area contributed by atoms with Gasteiger partial charge in [-0.25, -0.2) is 14.4 Å². The first-order valence-corrected chi connectivity index (χ1v) is 6.63. The van der Waals surface area contributed by atoms with Crippen LogP contribution in [0.1, 0.15) is 11.1 Å². The first-order chi connectivity index (χ1) is 9.54. The van der Waals surface area contributed by atoms with Gasteiger partial charge in [-0.2, -0.15) is 0 Å². The zero-order chi connectivity index (χ0) is 14.3. The molecule has 0 saturated carbocycles. The van der Waals surface area contributed by atoms with E-state index in [2.05, 4.69) is 9.97 Å². The summed E-state index contributed by atoms with van der Waals surface area (Å²) in [4.78, 5) is 8.71. The fraction of sp³-hybridized carbons (Fsp3) is 0.125. The van der Waals surface area contributed by atoms with Crippen molar-refractivity contribution in [2.45, 2.75) is 13.8 Å². The standard InChI is InChI=1S/C16H12ClFN2/c1-9-3-4-11(7-10(9)2)16-19-14-8-12(18)5-6-13(14)15(17)20-16/h3-8H,1-2H3. The Hall–Kier alpha value is -2.00. The van der Waals surface area contributed by atoms with Gasteiger partial charge in [0.2, 0.25) is 0 Å². The Morgan fingerprint density at radius 1 is 0.950 bits per heavy atom. The van der Waals surface area contributed by atoms with E-state index < -0.39 is 0 Å². The number of hydrogen-bond donors (Lipinski definition) is 0. The van der Waals surface area contributed by atoms with Crippen molar-refractivity contribution in [3.63, 3.8) is 0 Å². The van der Waals surface area contributed by atoms with Gasteiger partial charge in [0.1, 0.15) is 11.0 Å². The Morgan fingerprint density at radius 2 is 1.75 bits per heavy atom. The molecule has 1 heterocycles. The van der Waals surface area contributed by atoms with Crippen molar-refractivity contribution in [1.82, 2.24) is 9.97 Å². The molecule has 0 fully saturated rings. The quantitative estimate of drug-likeness (QED) is 0.606. The Morgan fingerprint density at radius 3 is 2.50 bits per heavy atom. The Bertz CT molecular complexity index is 815. The molecule has 1 aromatic heterocycles. The summed E-state index contributed by atoms with van der Waals surface area (Å²) in [5.74, 6) is 0.175. The topological polar surface area (TPSA) is 25.8 Å². The van der Waals surface area contributed by atoms with Gasteiger partial charge >= 0.3 is 0 Å². The van der Waals surface area contributed by atoms with Crippen molar-refractivity contribution in [1.29, 1.82) is 0 Å². The summed E-state index contributed by atoms with van der Waals surface area (Å²) >= 11 is 6.16. The fourth-order valence-electron chi connectivity index (χ4n) is 2.07. The van der Waals surface area contributed by atoms with Gasteiger partial charge in [-0.1, -0.05) is 23.7 Å². The van der Waals surface area contributed by atoms with Crippen LogP contribution in [-0.2, 0) is 0 Å². The van der Waals surface area contributed by atoms with Gasteiger partial charge < -0.3 is 0 Å². The second-order valence-corrected chi connectivity index (χ2v) is 5.16. The number of nitrogens with zero attached hydrogens (tertiary/aromatic N) is 2. The van der Waals surface area contributed by atoms with Crippen molar-refractivity contribution in [3.05, 3.63) is 58.5 Å². The van der Waals surface area contributed by atoms with Crippen molar-refractivity contribution in [2.75, 3.05) is 0 Å². The molecule has 0 unspecified atom stereocenters. The van der Waals surface area contributed by atoms with Gasteiger partial charge in [-0.05, 0) is 43.2 Å². The molecule has 0 aliphatic rings. The van der Waals surface area contributed by atoms with E-state index in [1.165, 1.54) is 17.7 Å². The van der Waals surface area contributed by atoms with E-state index in [1.54, 1.807) is 6.07 Å². The highest BCUT2D eigenvalue weighted by atomic mass is 35.5. The minimum Gasteiger partial charge on any atom is -0.228 e. The van der Waals surface area contributed by atoms with Crippen LogP contribution in [-0.4, -0.2) is 9.97 Å². The molecule has 0 bridgehead atoms. The van der Waals surface area contributed by atoms with Gasteiger partial charge in [0, 0.05) is 17.0 Å². The summed E-state index contributed by atoms with van der Waals surface area (Å²) in [5, 5.41) is 0.990. The van der Waals surface area contributed by atoms with Crippen molar-refractivity contribution >= 4 is 22.5 Å². The Kier molecular flexibility index (Phi) is 3.14. The summed E-state index contributed by atoms with van der Waals surface area (Å²) in [6.07, 6.45) is 0. The predicted octanol–water partition coefficient (Wildman–Crippen LogP) is 4.71.